The van der Waals surface area contributed by atoms with Crippen LogP contribution < -0.4 is 0 Å². The number of nitrogens with zero attached hydrogens (tertiary/aromatic N) is 1. The molecule has 122 valence electrons. The largest absolute Gasteiger partial charge is 0.481 e. The van der Waals surface area contributed by atoms with Crippen molar-refractivity contribution in [2.75, 3.05) is 0 Å². The van der Waals surface area contributed by atoms with Crippen molar-refractivity contribution in [3.05, 3.63) is 59.7 Å². The predicted octanol–water partition coefficient (Wildman–Crippen LogP) is 3.44. The zero-order valence-electron chi connectivity index (χ0n) is 11.5. The number of rotatable bonds is 5. The lowest BCUT2D eigenvalue weighted by molar-refractivity contribution is -0.137. The SMILES string of the molecule is O=C(O)C[C@H](c1ccccc1F)n1cccc1C(=O)C(F)(F)F. The summed E-state index contributed by atoms with van der Waals surface area (Å²) >= 11 is 0. The summed E-state index contributed by atoms with van der Waals surface area (Å²) in [4.78, 5) is 22.5. The molecule has 0 spiro atoms. The number of ketones is 1. The minimum atomic E-state index is -5.11. The van der Waals surface area contributed by atoms with Crippen LogP contribution in [0.15, 0.2) is 42.6 Å². The number of alkyl halides is 3. The number of benzene rings is 1. The van der Waals surface area contributed by atoms with E-state index in [1.54, 1.807) is 0 Å². The summed E-state index contributed by atoms with van der Waals surface area (Å²) in [5.74, 6) is -4.22. The summed E-state index contributed by atoms with van der Waals surface area (Å²) in [5, 5.41) is 8.98. The molecule has 1 N–H and O–H groups in total. The van der Waals surface area contributed by atoms with Gasteiger partial charge in [-0.2, -0.15) is 13.2 Å². The van der Waals surface area contributed by atoms with Gasteiger partial charge in [0.1, 0.15) is 5.82 Å². The summed E-state index contributed by atoms with van der Waals surface area (Å²) in [6.45, 7) is 0. The Hall–Kier alpha value is -2.64. The smallest absolute Gasteiger partial charge is 0.456 e. The number of carbonyl (C=O) groups excluding carboxylic acids is 1. The lowest BCUT2D eigenvalue weighted by Gasteiger charge is -2.21. The molecule has 4 nitrogen and oxygen atoms in total. The van der Waals surface area contributed by atoms with Crippen LogP contribution in [0.1, 0.15) is 28.5 Å². The van der Waals surface area contributed by atoms with E-state index in [-0.39, 0.29) is 5.56 Å². The van der Waals surface area contributed by atoms with E-state index in [9.17, 15) is 27.2 Å². The van der Waals surface area contributed by atoms with Crippen molar-refractivity contribution in [2.24, 2.45) is 0 Å². The topological polar surface area (TPSA) is 59.3 Å². The van der Waals surface area contributed by atoms with Crippen LogP contribution in [0.25, 0.3) is 0 Å². The van der Waals surface area contributed by atoms with Crippen LogP contribution in [0.2, 0.25) is 0 Å². The Morgan fingerprint density at radius 1 is 1.13 bits per heavy atom. The summed E-state index contributed by atoms with van der Waals surface area (Å²) in [6, 6.07) is 5.96. The standard InChI is InChI=1S/C15H11F4NO3/c16-10-5-2-1-4-9(10)12(8-13(21)22)20-7-3-6-11(20)14(23)15(17,18)19/h1-7,12H,8H2,(H,21,22)/t12-/m1/s1. The zero-order chi connectivity index (χ0) is 17.2. The van der Waals surface area contributed by atoms with Gasteiger partial charge in [0, 0.05) is 11.8 Å². The molecular weight excluding hydrogens is 318 g/mol. The van der Waals surface area contributed by atoms with Crippen LogP contribution in [0.5, 0.6) is 0 Å². The van der Waals surface area contributed by atoms with Crippen molar-refractivity contribution in [3.8, 4) is 0 Å². The van der Waals surface area contributed by atoms with E-state index in [1.165, 1.54) is 24.3 Å². The van der Waals surface area contributed by atoms with E-state index in [1.807, 2.05) is 0 Å². The Morgan fingerprint density at radius 2 is 1.78 bits per heavy atom. The van der Waals surface area contributed by atoms with E-state index in [2.05, 4.69) is 0 Å². The van der Waals surface area contributed by atoms with Gasteiger partial charge in [0.2, 0.25) is 0 Å². The Labute approximate surface area is 128 Å². The number of carboxylic acids is 1. The normalized spacial score (nSPS) is 12.9. The van der Waals surface area contributed by atoms with Crippen molar-refractivity contribution in [1.82, 2.24) is 4.57 Å². The molecule has 2 rings (SSSR count). The number of Topliss-reactive ketones (excluding diaryl/α,β-unsaturated/α-hetero) is 1. The van der Waals surface area contributed by atoms with Gasteiger partial charge >= 0.3 is 12.1 Å². The first-order valence-corrected chi connectivity index (χ1v) is 6.46. The van der Waals surface area contributed by atoms with Crippen LogP contribution in [-0.4, -0.2) is 27.6 Å². The fraction of sp³-hybridized carbons (Fsp3) is 0.200. The van der Waals surface area contributed by atoms with Crippen molar-refractivity contribution >= 4 is 11.8 Å². The van der Waals surface area contributed by atoms with Gasteiger partial charge in [-0.1, -0.05) is 18.2 Å². The maximum absolute atomic E-state index is 13.9. The number of carboxylic acid groups (broad SMARTS) is 1. The van der Waals surface area contributed by atoms with Crippen molar-refractivity contribution in [3.63, 3.8) is 0 Å². The number of carbonyl (C=O) groups is 2. The minimum absolute atomic E-state index is 0.109. The van der Waals surface area contributed by atoms with Crippen molar-refractivity contribution < 1.29 is 32.3 Å². The Balaban J connectivity index is 2.55. The van der Waals surface area contributed by atoms with E-state index >= 15 is 0 Å². The monoisotopic (exact) mass is 329 g/mol. The summed E-state index contributed by atoms with van der Waals surface area (Å²) in [6.07, 6.45) is -4.66. The molecule has 0 fully saturated rings. The van der Waals surface area contributed by atoms with Crippen LogP contribution in [0.3, 0.4) is 0 Å². The molecule has 1 aromatic carbocycles. The molecule has 2 aromatic rings. The number of hydrogen-bond donors (Lipinski definition) is 1. The molecule has 0 aliphatic carbocycles. The molecule has 0 radical (unpaired) electrons. The van der Waals surface area contributed by atoms with E-state index in [4.69, 9.17) is 5.11 Å². The zero-order valence-corrected chi connectivity index (χ0v) is 11.5. The third-order valence-corrected chi connectivity index (χ3v) is 3.24. The van der Waals surface area contributed by atoms with E-state index in [0.29, 0.717) is 0 Å². The first-order chi connectivity index (χ1) is 10.7. The third-order valence-electron chi connectivity index (χ3n) is 3.24. The van der Waals surface area contributed by atoms with Gasteiger partial charge in [-0.25, -0.2) is 4.39 Å². The highest BCUT2D eigenvalue weighted by atomic mass is 19.4. The predicted molar refractivity (Wildman–Crippen MR) is 71.6 cm³/mol. The number of aromatic nitrogens is 1. The van der Waals surface area contributed by atoms with Gasteiger partial charge in [-0.3, -0.25) is 9.59 Å². The van der Waals surface area contributed by atoms with Crippen molar-refractivity contribution in [1.29, 1.82) is 0 Å². The minimum Gasteiger partial charge on any atom is -0.481 e. The highest BCUT2D eigenvalue weighted by Crippen LogP contribution is 2.29. The second kappa shape index (κ2) is 6.23. The van der Waals surface area contributed by atoms with Gasteiger partial charge in [-0.15, -0.1) is 0 Å². The Kier molecular flexibility index (Phi) is 4.53. The molecule has 0 saturated heterocycles. The second-order valence-corrected chi connectivity index (χ2v) is 4.76. The molecule has 23 heavy (non-hydrogen) atoms. The molecule has 1 atom stereocenters. The van der Waals surface area contributed by atoms with Gasteiger partial charge in [-0.05, 0) is 18.2 Å². The lowest BCUT2D eigenvalue weighted by atomic mass is 10.0. The molecule has 1 aromatic heterocycles. The molecule has 0 aliphatic rings. The number of hydrogen-bond acceptors (Lipinski definition) is 2. The molecule has 0 saturated carbocycles. The summed E-state index contributed by atoms with van der Waals surface area (Å²) < 4.78 is 52.7. The molecule has 0 bridgehead atoms. The number of halogens is 4. The van der Waals surface area contributed by atoms with Crippen LogP contribution in [-0.2, 0) is 4.79 Å². The van der Waals surface area contributed by atoms with Crippen LogP contribution in [0, 0.1) is 5.82 Å². The highest BCUT2D eigenvalue weighted by molar-refractivity contribution is 5.99. The van der Waals surface area contributed by atoms with Gasteiger partial charge < -0.3 is 9.67 Å². The molecule has 8 heteroatoms. The second-order valence-electron chi connectivity index (χ2n) is 4.76. The highest BCUT2D eigenvalue weighted by Gasteiger charge is 2.41. The first kappa shape index (κ1) is 16.7. The lowest BCUT2D eigenvalue weighted by Crippen LogP contribution is -2.28. The van der Waals surface area contributed by atoms with E-state index < -0.39 is 41.9 Å². The van der Waals surface area contributed by atoms with Crippen LogP contribution >= 0.6 is 0 Å². The Bertz CT molecular complexity index is 736. The van der Waals surface area contributed by atoms with Gasteiger partial charge in [0.15, 0.2) is 0 Å². The third kappa shape index (κ3) is 3.58. The molecular formula is C15H11F4NO3. The van der Waals surface area contributed by atoms with Crippen LogP contribution in [0.4, 0.5) is 17.6 Å². The average Bonchev–Trinajstić information content (AvgIpc) is 2.92. The molecule has 1 heterocycles. The fourth-order valence-corrected chi connectivity index (χ4v) is 2.27. The molecule has 0 amide bonds. The van der Waals surface area contributed by atoms with Gasteiger partial charge in [0.25, 0.3) is 5.78 Å². The van der Waals surface area contributed by atoms with Gasteiger partial charge in [0.05, 0.1) is 18.2 Å². The quantitative estimate of drug-likeness (QED) is 0.675. The maximum atomic E-state index is 13.9. The molecule has 0 unspecified atom stereocenters. The number of aliphatic carboxylic acids is 1. The maximum Gasteiger partial charge on any atom is 0.456 e. The Morgan fingerprint density at radius 3 is 2.35 bits per heavy atom. The van der Waals surface area contributed by atoms with E-state index in [0.717, 1.165) is 22.9 Å². The summed E-state index contributed by atoms with van der Waals surface area (Å²) in [5.41, 5.74) is -0.852. The fourth-order valence-electron chi connectivity index (χ4n) is 2.27. The molecule has 0 aliphatic heterocycles. The van der Waals surface area contributed by atoms with Crippen molar-refractivity contribution in [2.45, 2.75) is 18.6 Å². The summed E-state index contributed by atoms with van der Waals surface area (Å²) in [7, 11) is 0. The first-order valence-electron chi connectivity index (χ1n) is 6.46. The average molecular weight is 329 g/mol.